The van der Waals surface area contributed by atoms with Crippen molar-refractivity contribution in [2.24, 2.45) is 0 Å². The Kier molecular flexibility index (Phi) is 16.6. The van der Waals surface area contributed by atoms with Gasteiger partial charge in [-0.2, -0.15) is 0 Å². The number of rotatable bonds is 18. The average molecular weight is 625 g/mol. The van der Waals surface area contributed by atoms with E-state index in [4.69, 9.17) is 18.9 Å². The van der Waals surface area contributed by atoms with E-state index >= 15 is 0 Å². The predicted molar refractivity (Wildman–Crippen MR) is 161 cm³/mol. The highest BCUT2D eigenvalue weighted by Crippen LogP contribution is 2.14. The molecule has 2 fully saturated rings. The first kappa shape index (κ1) is 35.3. The van der Waals surface area contributed by atoms with Crippen LogP contribution in [0.2, 0.25) is 0 Å². The largest absolute Gasteiger partial charge is 0.491 e. The van der Waals surface area contributed by atoms with E-state index in [1.54, 1.807) is 21.9 Å². The number of nitrogens with zero attached hydrogens (tertiary/aromatic N) is 2. The highest BCUT2D eigenvalue weighted by atomic mass is 16.5. The van der Waals surface area contributed by atoms with Crippen molar-refractivity contribution in [2.45, 2.75) is 25.0 Å². The van der Waals surface area contributed by atoms with Gasteiger partial charge in [0.1, 0.15) is 31.2 Å². The zero-order valence-corrected chi connectivity index (χ0v) is 25.3. The minimum Gasteiger partial charge on any atom is -0.491 e. The molecule has 44 heavy (non-hydrogen) atoms. The van der Waals surface area contributed by atoms with Crippen LogP contribution in [0.4, 0.5) is 9.59 Å². The van der Waals surface area contributed by atoms with Crippen LogP contribution in [0, 0.1) is 0 Å². The lowest BCUT2D eigenvalue weighted by Crippen LogP contribution is -2.47. The van der Waals surface area contributed by atoms with Crippen LogP contribution < -0.4 is 26.0 Å². The standard InChI is InChI=1S/C29H48N6O9/c36-24(19-30-7-9-32-28(39)34-11-15-41-16-12-34)21-43-26-4-1-23(2-5-26)3-6-27(38)44-22-25(37)20-31-8-10-33-29(40)35-13-17-42-18-14-35/h1-2,4-5,24-25,30-31,36-37H,3,6-22H2,(H,32,39)(H,33,40)/t24-,25-/m0/s1. The molecule has 4 amide bonds. The fourth-order valence-electron chi connectivity index (χ4n) is 4.38. The molecule has 0 spiro atoms. The summed E-state index contributed by atoms with van der Waals surface area (Å²) < 4.78 is 21.3. The summed E-state index contributed by atoms with van der Waals surface area (Å²) >= 11 is 0. The number of carbonyl (C=O) groups is 3. The van der Waals surface area contributed by atoms with Crippen molar-refractivity contribution in [1.82, 2.24) is 31.1 Å². The first-order valence-electron chi connectivity index (χ1n) is 15.3. The zero-order chi connectivity index (χ0) is 31.4. The Balaban J connectivity index is 1.16. The Labute approximate surface area is 258 Å². The van der Waals surface area contributed by atoms with Crippen LogP contribution in [0.3, 0.4) is 0 Å². The number of aryl methyl sites for hydroxylation is 1. The monoisotopic (exact) mass is 624 g/mol. The molecule has 0 aliphatic carbocycles. The van der Waals surface area contributed by atoms with Gasteiger partial charge in [-0.1, -0.05) is 12.1 Å². The molecule has 2 saturated heterocycles. The van der Waals surface area contributed by atoms with Gasteiger partial charge in [-0.15, -0.1) is 0 Å². The minimum absolute atomic E-state index is 0.109. The number of morpholine rings is 2. The second-order valence-electron chi connectivity index (χ2n) is 10.5. The van der Waals surface area contributed by atoms with Crippen molar-refractivity contribution in [1.29, 1.82) is 0 Å². The van der Waals surface area contributed by atoms with E-state index < -0.39 is 18.2 Å². The minimum atomic E-state index is -0.850. The molecule has 2 aliphatic rings. The van der Waals surface area contributed by atoms with Gasteiger partial charge in [0, 0.05) is 71.9 Å². The molecular formula is C29H48N6O9. The molecule has 1 aromatic rings. The summed E-state index contributed by atoms with van der Waals surface area (Å²) in [5.41, 5.74) is 0.928. The van der Waals surface area contributed by atoms with Crippen LogP contribution in [0.5, 0.6) is 5.75 Å². The lowest BCUT2D eigenvalue weighted by molar-refractivity contribution is -0.146. The van der Waals surface area contributed by atoms with Gasteiger partial charge in [0.15, 0.2) is 0 Å². The summed E-state index contributed by atoms with van der Waals surface area (Å²) in [6, 6.07) is 7.01. The third-order valence-electron chi connectivity index (χ3n) is 6.93. The van der Waals surface area contributed by atoms with Gasteiger partial charge < -0.3 is 60.2 Å². The van der Waals surface area contributed by atoms with E-state index in [1.165, 1.54) is 0 Å². The fraction of sp³-hybridized carbons (Fsp3) is 0.690. The molecule has 2 aliphatic heterocycles. The molecule has 0 aromatic heterocycles. The van der Waals surface area contributed by atoms with Gasteiger partial charge in [-0.25, -0.2) is 9.59 Å². The molecular weight excluding hydrogens is 576 g/mol. The summed E-state index contributed by atoms with van der Waals surface area (Å²) in [6.07, 6.45) is -0.917. The molecule has 0 unspecified atom stereocenters. The van der Waals surface area contributed by atoms with Gasteiger partial charge in [-0.3, -0.25) is 4.79 Å². The van der Waals surface area contributed by atoms with E-state index in [-0.39, 0.29) is 38.2 Å². The Morgan fingerprint density at radius 3 is 1.77 bits per heavy atom. The van der Waals surface area contributed by atoms with E-state index in [0.29, 0.717) is 97.5 Å². The molecule has 3 rings (SSSR count). The number of aliphatic hydroxyl groups excluding tert-OH is 2. The summed E-state index contributed by atoms with van der Waals surface area (Å²) in [4.78, 5) is 39.5. The third-order valence-corrected chi connectivity index (χ3v) is 6.93. The molecule has 15 heteroatoms. The average Bonchev–Trinajstić information content (AvgIpc) is 3.06. The van der Waals surface area contributed by atoms with Gasteiger partial charge in [0.25, 0.3) is 0 Å². The number of nitrogens with one attached hydrogen (secondary N) is 4. The first-order valence-corrected chi connectivity index (χ1v) is 15.3. The molecule has 6 N–H and O–H groups in total. The Morgan fingerprint density at radius 1 is 0.750 bits per heavy atom. The Bertz CT molecular complexity index is 975. The van der Waals surface area contributed by atoms with Crippen LogP contribution in [0.15, 0.2) is 24.3 Å². The van der Waals surface area contributed by atoms with Crippen molar-refractivity contribution in [3.05, 3.63) is 29.8 Å². The van der Waals surface area contributed by atoms with Crippen molar-refractivity contribution < 1.29 is 43.5 Å². The summed E-state index contributed by atoms with van der Waals surface area (Å²) in [5.74, 6) is 0.197. The molecule has 0 radical (unpaired) electrons. The number of esters is 1. The van der Waals surface area contributed by atoms with Crippen LogP contribution in [0.25, 0.3) is 0 Å². The molecule has 15 nitrogen and oxygen atoms in total. The van der Waals surface area contributed by atoms with Crippen LogP contribution >= 0.6 is 0 Å². The predicted octanol–water partition coefficient (Wildman–Crippen LogP) is -1.47. The first-order chi connectivity index (χ1) is 21.4. The highest BCUT2D eigenvalue weighted by Gasteiger charge is 2.17. The second-order valence-corrected chi connectivity index (χ2v) is 10.5. The fourth-order valence-corrected chi connectivity index (χ4v) is 4.38. The van der Waals surface area contributed by atoms with Crippen LogP contribution in [-0.4, -0.2) is 155 Å². The molecule has 2 atom stereocenters. The Hall–Kier alpha value is -3.21. The maximum atomic E-state index is 12.1. The molecule has 0 bridgehead atoms. The number of aliphatic hydroxyl groups is 2. The smallest absolute Gasteiger partial charge is 0.317 e. The van der Waals surface area contributed by atoms with Crippen LogP contribution in [-0.2, 0) is 25.4 Å². The number of hydrogen-bond donors (Lipinski definition) is 6. The van der Waals surface area contributed by atoms with Gasteiger partial charge in [0.05, 0.1) is 26.4 Å². The number of benzene rings is 1. The maximum Gasteiger partial charge on any atom is 0.317 e. The topological polar surface area (TPSA) is 183 Å². The van der Waals surface area contributed by atoms with E-state index in [0.717, 1.165) is 5.56 Å². The summed E-state index contributed by atoms with van der Waals surface area (Å²) in [6.45, 7) is 6.99. The van der Waals surface area contributed by atoms with E-state index in [2.05, 4.69) is 21.3 Å². The van der Waals surface area contributed by atoms with E-state index in [1.807, 2.05) is 12.1 Å². The number of carbonyl (C=O) groups excluding carboxylic acids is 3. The molecule has 0 saturated carbocycles. The molecule has 1 aromatic carbocycles. The maximum absolute atomic E-state index is 12.1. The van der Waals surface area contributed by atoms with Crippen LogP contribution in [0.1, 0.15) is 12.0 Å². The quantitative estimate of drug-likeness (QED) is 0.0828. The van der Waals surface area contributed by atoms with Crippen molar-refractivity contribution in [2.75, 3.05) is 105 Å². The van der Waals surface area contributed by atoms with Gasteiger partial charge in [-0.05, 0) is 24.1 Å². The molecule has 248 valence electrons. The van der Waals surface area contributed by atoms with E-state index in [9.17, 15) is 24.6 Å². The summed E-state index contributed by atoms with van der Waals surface area (Å²) in [5, 5.41) is 32.0. The zero-order valence-electron chi connectivity index (χ0n) is 25.3. The lowest BCUT2D eigenvalue weighted by atomic mass is 10.1. The van der Waals surface area contributed by atoms with Crippen molar-refractivity contribution in [3.63, 3.8) is 0 Å². The van der Waals surface area contributed by atoms with Gasteiger partial charge in [0.2, 0.25) is 0 Å². The lowest BCUT2D eigenvalue weighted by Gasteiger charge is -2.27. The Morgan fingerprint density at radius 2 is 1.25 bits per heavy atom. The normalized spacial score (nSPS) is 16.6. The number of amides is 4. The number of ether oxygens (including phenoxy) is 4. The second kappa shape index (κ2) is 20.7. The SMILES string of the molecule is O=C(CCc1ccc(OC[C@@H](O)CNCCNC(=O)N2CCOCC2)cc1)OC[C@@H](O)CNCCNC(=O)N1CCOCC1. The highest BCUT2D eigenvalue weighted by molar-refractivity contribution is 5.74. The van der Waals surface area contributed by atoms with Crippen molar-refractivity contribution >= 4 is 18.0 Å². The van der Waals surface area contributed by atoms with Gasteiger partial charge >= 0.3 is 18.0 Å². The summed E-state index contributed by atoms with van der Waals surface area (Å²) in [7, 11) is 0. The van der Waals surface area contributed by atoms with Crippen molar-refractivity contribution in [3.8, 4) is 5.75 Å². The third kappa shape index (κ3) is 14.5. The number of urea groups is 2. The molecule has 2 heterocycles. The number of hydrogen-bond acceptors (Lipinski definition) is 11.